The highest BCUT2D eigenvalue weighted by Crippen LogP contribution is 2.38. The van der Waals surface area contributed by atoms with E-state index in [1.54, 1.807) is 0 Å². The van der Waals surface area contributed by atoms with Crippen molar-refractivity contribution in [3.8, 4) is 0 Å². The minimum absolute atomic E-state index is 0.119. The number of carbonyl (C=O) groups excluding carboxylic acids is 2. The first-order valence-corrected chi connectivity index (χ1v) is 4.00. The summed E-state index contributed by atoms with van der Waals surface area (Å²) in [6.45, 7) is 1.33. The maximum Gasteiger partial charge on any atom is 0.151 e. The molecule has 1 heterocycles. The zero-order valence-corrected chi connectivity index (χ0v) is 6.30. The molecule has 2 rings (SSSR count). The Kier molecular flexibility index (Phi) is 1.36. The molecule has 0 amide bonds. The van der Waals surface area contributed by atoms with Gasteiger partial charge in [0.1, 0.15) is 6.29 Å². The number of nitrogens with one attached hydrogen (secondary N) is 1. The SMILES string of the molecule is O=CC12CCC(CNC1)C2=O. The van der Waals surface area contributed by atoms with Gasteiger partial charge in [0, 0.05) is 19.0 Å². The molecular weight excluding hydrogens is 142 g/mol. The van der Waals surface area contributed by atoms with Crippen LogP contribution in [0.2, 0.25) is 0 Å². The topological polar surface area (TPSA) is 46.2 Å². The van der Waals surface area contributed by atoms with Crippen LogP contribution in [-0.4, -0.2) is 25.2 Å². The van der Waals surface area contributed by atoms with Gasteiger partial charge in [-0.15, -0.1) is 0 Å². The second-order valence-electron chi connectivity index (χ2n) is 3.50. The lowest BCUT2D eigenvalue weighted by Crippen LogP contribution is -2.47. The fraction of sp³-hybridized carbons (Fsp3) is 0.750. The van der Waals surface area contributed by atoms with Crippen LogP contribution in [-0.2, 0) is 9.59 Å². The maximum absolute atomic E-state index is 11.5. The average Bonchev–Trinajstić information content (AvgIpc) is 2.25. The van der Waals surface area contributed by atoms with Crippen molar-refractivity contribution in [2.75, 3.05) is 13.1 Å². The Bertz CT molecular complexity index is 210. The van der Waals surface area contributed by atoms with Crippen LogP contribution < -0.4 is 5.32 Å². The van der Waals surface area contributed by atoms with Gasteiger partial charge in [-0.2, -0.15) is 0 Å². The second-order valence-corrected chi connectivity index (χ2v) is 3.50. The van der Waals surface area contributed by atoms with Crippen LogP contribution in [0.5, 0.6) is 0 Å². The number of rotatable bonds is 1. The van der Waals surface area contributed by atoms with Crippen LogP contribution in [0, 0.1) is 11.3 Å². The van der Waals surface area contributed by atoms with Crippen LogP contribution in [0.15, 0.2) is 0 Å². The fourth-order valence-corrected chi connectivity index (χ4v) is 2.09. The molecule has 2 atom stereocenters. The third-order valence-electron chi connectivity index (χ3n) is 2.86. The highest BCUT2D eigenvalue weighted by Gasteiger charge is 2.49. The third kappa shape index (κ3) is 0.774. The maximum atomic E-state index is 11.5. The first-order chi connectivity index (χ1) is 5.28. The summed E-state index contributed by atoms with van der Waals surface area (Å²) in [7, 11) is 0. The normalized spacial score (nSPS) is 42.5. The zero-order chi connectivity index (χ0) is 7.90. The molecule has 60 valence electrons. The molecule has 2 unspecified atom stereocenters. The van der Waals surface area contributed by atoms with Crippen molar-refractivity contribution in [3.63, 3.8) is 0 Å². The van der Waals surface area contributed by atoms with Gasteiger partial charge in [-0.25, -0.2) is 0 Å². The van der Waals surface area contributed by atoms with Crippen molar-refractivity contribution in [1.29, 1.82) is 0 Å². The molecule has 2 aliphatic rings. The molecule has 0 aromatic rings. The lowest BCUT2D eigenvalue weighted by molar-refractivity contribution is -0.135. The number of piperidine rings is 1. The smallest absolute Gasteiger partial charge is 0.151 e. The average molecular weight is 153 g/mol. The first-order valence-electron chi connectivity index (χ1n) is 4.00. The van der Waals surface area contributed by atoms with Crippen LogP contribution in [0.3, 0.4) is 0 Å². The minimum atomic E-state index is -0.636. The lowest BCUT2D eigenvalue weighted by atomic mass is 9.83. The van der Waals surface area contributed by atoms with Gasteiger partial charge in [-0.05, 0) is 12.8 Å². The van der Waals surface area contributed by atoms with E-state index in [2.05, 4.69) is 5.32 Å². The highest BCUT2D eigenvalue weighted by atomic mass is 16.1. The molecule has 1 saturated heterocycles. The number of hydrogen-bond acceptors (Lipinski definition) is 3. The molecule has 1 aliphatic heterocycles. The molecule has 3 heteroatoms. The number of aldehydes is 1. The third-order valence-corrected chi connectivity index (χ3v) is 2.86. The van der Waals surface area contributed by atoms with Gasteiger partial charge in [-0.3, -0.25) is 4.79 Å². The summed E-state index contributed by atoms with van der Waals surface area (Å²) in [5.41, 5.74) is -0.636. The molecule has 11 heavy (non-hydrogen) atoms. The second kappa shape index (κ2) is 2.14. The summed E-state index contributed by atoms with van der Waals surface area (Å²) in [4.78, 5) is 22.2. The van der Waals surface area contributed by atoms with E-state index in [0.29, 0.717) is 6.54 Å². The Morgan fingerprint density at radius 2 is 2.45 bits per heavy atom. The number of fused-ring (bicyclic) bond motifs is 2. The first kappa shape index (κ1) is 6.98. The number of ketones is 1. The molecule has 0 aromatic heterocycles. The van der Waals surface area contributed by atoms with Crippen molar-refractivity contribution >= 4 is 12.1 Å². The minimum Gasteiger partial charge on any atom is -0.315 e. The van der Waals surface area contributed by atoms with Crippen LogP contribution in [0.25, 0.3) is 0 Å². The summed E-state index contributed by atoms with van der Waals surface area (Å²) in [6.07, 6.45) is 2.49. The van der Waals surface area contributed by atoms with E-state index in [4.69, 9.17) is 0 Å². The van der Waals surface area contributed by atoms with Crippen molar-refractivity contribution in [1.82, 2.24) is 5.32 Å². The Balaban J connectivity index is 2.33. The monoisotopic (exact) mass is 153 g/mol. The fourth-order valence-electron chi connectivity index (χ4n) is 2.09. The van der Waals surface area contributed by atoms with Crippen LogP contribution in [0.4, 0.5) is 0 Å². The van der Waals surface area contributed by atoms with Gasteiger partial charge in [0.15, 0.2) is 5.78 Å². The van der Waals surface area contributed by atoms with Gasteiger partial charge in [0.05, 0.1) is 5.41 Å². The quantitative estimate of drug-likeness (QED) is 0.417. The summed E-state index contributed by atoms with van der Waals surface area (Å²) in [5, 5.41) is 3.12. The molecule has 3 nitrogen and oxygen atoms in total. The van der Waals surface area contributed by atoms with Gasteiger partial charge >= 0.3 is 0 Å². The molecule has 0 spiro atoms. The van der Waals surface area contributed by atoms with E-state index in [-0.39, 0.29) is 11.7 Å². The molecule has 1 aliphatic carbocycles. The predicted octanol–water partition coefficient (Wildman–Crippen LogP) is -0.246. The molecular formula is C8H11NO2. The number of Topliss-reactive ketones (excluding diaryl/α,β-unsaturated/α-hetero) is 1. The molecule has 2 fully saturated rings. The van der Waals surface area contributed by atoms with Crippen LogP contribution in [0.1, 0.15) is 12.8 Å². The number of hydrogen-bond donors (Lipinski definition) is 1. The Morgan fingerprint density at radius 1 is 1.64 bits per heavy atom. The summed E-state index contributed by atoms with van der Waals surface area (Å²) < 4.78 is 0. The molecule has 0 aromatic carbocycles. The van der Waals surface area contributed by atoms with E-state index >= 15 is 0 Å². The van der Waals surface area contributed by atoms with E-state index in [0.717, 1.165) is 25.7 Å². The zero-order valence-electron chi connectivity index (χ0n) is 6.30. The van der Waals surface area contributed by atoms with E-state index in [1.165, 1.54) is 0 Å². The highest BCUT2D eigenvalue weighted by molar-refractivity contribution is 6.02. The number of carbonyl (C=O) groups is 2. The Hall–Kier alpha value is -0.700. The van der Waals surface area contributed by atoms with Crippen molar-refractivity contribution in [3.05, 3.63) is 0 Å². The van der Waals surface area contributed by atoms with E-state index < -0.39 is 5.41 Å². The largest absolute Gasteiger partial charge is 0.315 e. The van der Waals surface area contributed by atoms with Crippen LogP contribution >= 0.6 is 0 Å². The summed E-state index contributed by atoms with van der Waals surface area (Å²) in [5.74, 6) is 0.292. The molecule has 1 N–H and O–H groups in total. The molecule has 0 radical (unpaired) electrons. The van der Waals surface area contributed by atoms with Crippen molar-refractivity contribution in [2.45, 2.75) is 12.8 Å². The predicted molar refractivity (Wildman–Crippen MR) is 39.1 cm³/mol. The Labute approximate surface area is 65.2 Å². The summed E-state index contributed by atoms with van der Waals surface area (Å²) >= 11 is 0. The van der Waals surface area contributed by atoms with Gasteiger partial charge in [0.2, 0.25) is 0 Å². The lowest BCUT2D eigenvalue weighted by Gasteiger charge is -2.26. The van der Waals surface area contributed by atoms with Gasteiger partial charge in [0.25, 0.3) is 0 Å². The van der Waals surface area contributed by atoms with E-state index in [9.17, 15) is 9.59 Å². The molecule has 1 saturated carbocycles. The molecule has 2 bridgehead atoms. The summed E-state index contributed by atoms with van der Waals surface area (Å²) in [6, 6.07) is 0. The van der Waals surface area contributed by atoms with Gasteiger partial charge in [-0.1, -0.05) is 0 Å². The van der Waals surface area contributed by atoms with E-state index in [1.807, 2.05) is 0 Å². The van der Waals surface area contributed by atoms with Gasteiger partial charge < -0.3 is 10.1 Å². The van der Waals surface area contributed by atoms with Crippen molar-refractivity contribution < 1.29 is 9.59 Å². The standard InChI is InChI=1S/C8H11NO2/c10-5-8-2-1-6(7(8)11)3-9-4-8/h5-6,9H,1-4H2. The Morgan fingerprint density at radius 3 is 3.09 bits per heavy atom. The van der Waals surface area contributed by atoms with Crippen molar-refractivity contribution in [2.24, 2.45) is 11.3 Å².